The number of rotatable bonds is 5. The van der Waals surface area contributed by atoms with E-state index in [9.17, 15) is 0 Å². The summed E-state index contributed by atoms with van der Waals surface area (Å²) in [7, 11) is 0. The Morgan fingerprint density at radius 2 is 2.16 bits per heavy atom. The number of hydrogen-bond acceptors (Lipinski definition) is 3. The standard InChI is InChI=1S/C16H20O2S/c17-10-4-6-14-5-3-7-15(13-14)18-11-12-19-16-8-1-2-9-16/h3,5,7,13,16-17H,1-2,8-12H2. The maximum Gasteiger partial charge on any atom is 0.120 e. The fourth-order valence-electron chi connectivity index (χ4n) is 2.23. The first-order valence-electron chi connectivity index (χ1n) is 6.82. The van der Waals surface area contributed by atoms with Gasteiger partial charge < -0.3 is 9.84 Å². The second-order valence-electron chi connectivity index (χ2n) is 4.61. The van der Waals surface area contributed by atoms with Crippen LogP contribution in [0.4, 0.5) is 0 Å². The van der Waals surface area contributed by atoms with Crippen LogP contribution >= 0.6 is 11.8 Å². The van der Waals surface area contributed by atoms with Gasteiger partial charge in [0.15, 0.2) is 0 Å². The normalized spacial score (nSPS) is 15.0. The zero-order chi connectivity index (χ0) is 13.3. The lowest BCUT2D eigenvalue weighted by Gasteiger charge is -2.10. The highest BCUT2D eigenvalue weighted by Gasteiger charge is 2.14. The first kappa shape index (κ1) is 14.3. The molecule has 1 fully saturated rings. The van der Waals surface area contributed by atoms with Crippen LogP contribution in [-0.4, -0.2) is 29.3 Å². The van der Waals surface area contributed by atoms with E-state index in [0.717, 1.165) is 28.9 Å². The highest BCUT2D eigenvalue weighted by Crippen LogP contribution is 2.29. The van der Waals surface area contributed by atoms with Gasteiger partial charge in [-0.15, -0.1) is 0 Å². The van der Waals surface area contributed by atoms with Gasteiger partial charge in [-0.3, -0.25) is 0 Å². The van der Waals surface area contributed by atoms with E-state index in [1.807, 2.05) is 36.0 Å². The molecule has 1 aliphatic rings. The van der Waals surface area contributed by atoms with E-state index in [-0.39, 0.29) is 6.61 Å². The molecular formula is C16H20O2S. The lowest BCUT2D eigenvalue weighted by atomic mass is 10.2. The van der Waals surface area contributed by atoms with Crippen molar-refractivity contribution in [2.45, 2.75) is 30.9 Å². The highest BCUT2D eigenvalue weighted by molar-refractivity contribution is 7.99. The predicted octanol–water partition coefficient (Wildman–Crippen LogP) is 3.09. The van der Waals surface area contributed by atoms with E-state index in [2.05, 4.69) is 11.8 Å². The Bertz CT molecular complexity index is 442. The highest BCUT2D eigenvalue weighted by atomic mass is 32.2. The van der Waals surface area contributed by atoms with Gasteiger partial charge in [-0.25, -0.2) is 0 Å². The Kier molecular flexibility index (Phi) is 6.13. The maximum absolute atomic E-state index is 8.67. The van der Waals surface area contributed by atoms with Crippen LogP contribution in [0.25, 0.3) is 0 Å². The van der Waals surface area contributed by atoms with Gasteiger partial charge in [-0.2, -0.15) is 11.8 Å². The second-order valence-corrected chi connectivity index (χ2v) is 6.02. The minimum atomic E-state index is -0.108. The first-order valence-corrected chi connectivity index (χ1v) is 7.87. The Morgan fingerprint density at radius 3 is 2.95 bits per heavy atom. The van der Waals surface area contributed by atoms with Crippen LogP contribution in [0.3, 0.4) is 0 Å². The molecule has 0 unspecified atom stereocenters. The molecule has 0 aliphatic heterocycles. The molecule has 0 aromatic heterocycles. The topological polar surface area (TPSA) is 29.5 Å². The molecular weight excluding hydrogens is 256 g/mol. The molecule has 1 saturated carbocycles. The predicted molar refractivity (Wildman–Crippen MR) is 80.6 cm³/mol. The van der Waals surface area contributed by atoms with Crippen LogP contribution in [0.2, 0.25) is 0 Å². The van der Waals surface area contributed by atoms with Gasteiger partial charge in [0.25, 0.3) is 0 Å². The number of thioether (sulfide) groups is 1. The SMILES string of the molecule is OCC#Cc1cccc(OCCSC2CCCC2)c1. The van der Waals surface area contributed by atoms with Crippen molar-refractivity contribution in [2.75, 3.05) is 19.0 Å². The fourth-order valence-corrected chi connectivity index (χ4v) is 3.41. The smallest absolute Gasteiger partial charge is 0.120 e. The molecule has 19 heavy (non-hydrogen) atoms. The van der Waals surface area contributed by atoms with Gasteiger partial charge in [-0.05, 0) is 31.0 Å². The third-order valence-corrected chi connectivity index (χ3v) is 4.50. The molecule has 0 saturated heterocycles. The summed E-state index contributed by atoms with van der Waals surface area (Å²) >= 11 is 2.04. The number of aliphatic hydroxyl groups is 1. The summed E-state index contributed by atoms with van der Waals surface area (Å²) in [6, 6.07) is 7.72. The van der Waals surface area contributed by atoms with E-state index in [1.54, 1.807) is 0 Å². The lowest BCUT2D eigenvalue weighted by Crippen LogP contribution is -2.04. The molecule has 2 rings (SSSR count). The number of aliphatic hydroxyl groups excluding tert-OH is 1. The molecule has 1 aliphatic carbocycles. The minimum absolute atomic E-state index is 0.108. The van der Waals surface area contributed by atoms with Gasteiger partial charge >= 0.3 is 0 Å². The molecule has 1 aromatic carbocycles. The summed E-state index contributed by atoms with van der Waals surface area (Å²) in [5, 5.41) is 9.52. The van der Waals surface area contributed by atoms with Gasteiger partial charge in [0.2, 0.25) is 0 Å². The Morgan fingerprint density at radius 1 is 1.32 bits per heavy atom. The molecule has 102 valence electrons. The van der Waals surface area contributed by atoms with Crippen molar-refractivity contribution in [3.8, 4) is 17.6 Å². The third-order valence-electron chi connectivity index (χ3n) is 3.15. The Labute approximate surface area is 119 Å². The summed E-state index contributed by atoms with van der Waals surface area (Å²) in [4.78, 5) is 0. The fraction of sp³-hybridized carbons (Fsp3) is 0.500. The van der Waals surface area contributed by atoms with E-state index in [4.69, 9.17) is 9.84 Å². The van der Waals surface area contributed by atoms with Crippen LogP contribution in [-0.2, 0) is 0 Å². The zero-order valence-corrected chi connectivity index (χ0v) is 11.9. The quantitative estimate of drug-likeness (QED) is 0.662. The average Bonchev–Trinajstić information content (AvgIpc) is 2.95. The molecule has 1 N–H and O–H groups in total. The second kappa shape index (κ2) is 8.14. The number of benzene rings is 1. The van der Waals surface area contributed by atoms with Crippen molar-refractivity contribution in [3.05, 3.63) is 29.8 Å². The first-order chi connectivity index (χ1) is 9.38. The summed E-state index contributed by atoms with van der Waals surface area (Å²) in [6.45, 7) is 0.640. The van der Waals surface area contributed by atoms with Crippen molar-refractivity contribution < 1.29 is 9.84 Å². The van der Waals surface area contributed by atoms with Gasteiger partial charge in [0, 0.05) is 16.6 Å². The van der Waals surface area contributed by atoms with Crippen molar-refractivity contribution in [1.29, 1.82) is 0 Å². The van der Waals surface area contributed by atoms with Gasteiger partial charge in [0.05, 0.1) is 6.61 Å². The van der Waals surface area contributed by atoms with E-state index in [0.29, 0.717) is 0 Å². The minimum Gasteiger partial charge on any atom is -0.493 e. The maximum atomic E-state index is 8.67. The number of ether oxygens (including phenoxy) is 1. The van der Waals surface area contributed by atoms with Crippen LogP contribution in [0.15, 0.2) is 24.3 Å². The Balaban J connectivity index is 1.72. The molecule has 0 heterocycles. The van der Waals surface area contributed by atoms with Crippen LogP contribution < -0.4 is 4.74 Å². The van der Waals surface area contributed by atoms with Crippen molar-refractivity contribution in [3.63, 3.8) is 0 Å². The molecule has 1 aromatic rings. The molecule has 3 heteroatoms. The lowest BCUT2D eigenvalue weighted by molar-refractivity contribution is 0.343. The summed E-state index contributed by atoms with van der Waals surface area (Å²) < 4.78 is 5.74. The van der Waals surface area contributed by atoms with Crippen molar-refractivity contribution in [1.82, 2.24) is 0 Å². The van der Waals surface area contributed by atoms with Gasteiger partial charge in [0.1, 0.15) is 12.4 Å². The monoisotopic (exact) mass is 276 g/mol. The van der Waals surface area contributed by atoms with Crippen LogP contribution in [0, 0.1) is 11.8 Å². The van der Waals surface area contributed by atoms with E-state index < -0.39 is 0 Å². The van der Waals surface area contributed by atoms with Crippen molar-refractivity contribution >= 4 is 11.8 Å². The molecule has 0 atom stereocenters. The van der Waals surface area contributed by atoms with Crippen LogP contribution in [0.1, 0.15) is 31.2 Å². The van der Waals surface area contributed by atoms with E-state index in [1.165, 1.54) is 25.7 Å². The third kappa shape index (κ3) is 5.18. The molecule has 0 amide bonds. The molecule has 0 bridgehead atoms. The van der Waals surface area contributed by atoms with Crippen molar-refractivity contribution in [2.24, 2.45) is 0 Å². The van der Waals surface area contributed by atoms with Crippen LogP contribution in [0.5, 0.6) is 5.75 Å². The molecule has 2 nitrogen and oxygen atoms in total. The summed E-state index contributed by atoms with van der Waals surface area (Å²) in [5.74, 6) is 7.44. The number of hydrogen-bond donors (Lipinski definition) is 1. The average molecular weight is 276 g/mol. The zero-order valence-electron chi connectivity index (χ0n) is 11.1. The largest absolute Gasteiger partial charge is 0.493 e. The molecule has 0 spiro atoms. The van der Waals surface area contributed by atoms with E-state index >= 15 is 0 Å². The summed E-state index contributed by atoms with van der Waals surface area (Å²) in [5.41, 5.74) is 0.884. The summed E-state index contributed by atoms with van der Waals surface area (Å²) in [6.07, 6.45) is 5.53. The Hall–Kier alpha value is -1.11. The molecule has 0 radical (unpaired) electrons. The van der Waals surface area contributed by atoms with Gasteiger partial charge in [-0.1, -0.05) is 30.7 Å².